The number of benzene rings is 2. The molecule has 9 heteroatoms. The van der Waals surface area contributed by atoms with Crippen LogP contribution in [0.4, 0.5) is 0 Å². The fraction of sp³-hybridized carbons (Fsp3) is 0.100. The number of halogens is 2. The fourth-order valence-corrected chi connectivity index (χ4v) is 3.23. The highest BCUT2D eigenvalue weighted by Gasteiger charge is 2.16. The van der Waals surface area contributed by atoms with Crippen LogP contribution in [0, 0.1) is 0 Å². The van der Waals surface area contributed by atoms with Crippen molar-refractivity contribution in [3.8, 4) is 5.75 Å². The zero-order chi connectivity index (χ0) is 20.8. The summed E-state index contributed by atoms with van der Waals surface area (Å²) in [5, 5.41) is 4.30. The van der Waals surface area contributed by atoms with Gasteiger partial charge in [-0.25, -0.2) is 4.79 Å². The molecule has 3 aromatic rings. The van der Waals surface area contributed by atoms with Crippen molar-refractivity contribution >= 4 is 52.3 Å². The largest absolute Gasteiger partial charge is 0.483 e. The van der Waals surface area contributed by atoms with E-state index in [9.17, 15) is 14.4 Å². The van der Waals surface area contributed by atoms with Gasteiger partial charge in [0.15, 0.2) is 6.61 Å². The summed E-state index contributed by atoms with van der Waals surface area (Å²) in [6.07, 6.45) is 3.28. The Morgan fingerprint density at radius 3 is 2.72 bits per heavy atom. The number of fused-ring (bicyclic) bond motifs is 1. The number of amides is 1. The first kappa shape index (κ1) is 20.6. The minimum Gasteiger partial charge on any atom is -0.483 e. The maximum atomic E-state index is 12.1. The first-order valence-electron chi connectivity index (χ1n) is 8.34. The quantitative estimate of drug-likeness (QED) is 0.348. The van der Waals surface area contributed by atoms with Gasteiger partial charge in [0, 0.05) is 29.3 Å². The summed E-state index contributed by atoms with van der Waals surface area (Å²) in [5.74, 6) is -1.07. The minimum atomic E-state index is -0.871. The molecule has 1 amide bonds. The van der Waals surface area contributed by atoms with Crippen LogP contribution >= 0.6 is 23.2 Å². The predicted molar refractivity (Wildman–Crippen MR) is 107 cm³/mol. The Labute approximate surface area is 175 Å². The van der Waals surface area contributed by atoms with Crippen molar-refractivity contribution in [3.05, 3.63) is 70.0 Å². The van der Waals surface area contributed by atoms with Gasteiger partial charge in [0.25, 0.3) is 5.91 Å². The van der Waals surface area contributed by atoms with Crippen LogP contribution in [0.5, 0.6) is 5.75 Å². The topological polar surface area (TPSA) is 94.6 Å². The van der Waals surface area contributed by atoms with Crippen LogP contribution in [0.15, 0.2) is 48.8 Å². The summed E-state index contributed by atoms with van der Waals surface area (Å²) in [7, 11) is 0. The van der Waals surface area contributed by atoms with Gasteiger partial charge in [-0.15, -0.1) is 0 Å². The molecule has 3 rings (SSSR count). The number of carbonyl (C=O) groups is 3. The molecule has 0 unspecified atom stereocenters. The number of aromatic nitrogens is 1. The molecule has 0 aliphatic rings. The fourth-order valence-electron chi connectivity index (χ4n) is 2.63. The van der Waals surface area contributed by atoms with Crippen LogP contribution < -0.4 is 10.1 Å². The van der Waals surface area contributed by atoms with Crippen LogP contribution in [0.1, 0.15) is 15.9 Å². The molecule has 0 fully saturated rings. The van der Waals surface area contributed by atoms with Crippen LogP contribution in [0.3, 0.4) is 0 Å². The van der Waals surface area contributed by atoms with Gasteiger partial charge in [0.05, 0.1) is 10.6 Å². The van der Waals surface area contributed by atoms with Crippen LogP contribution in [0.2, 0.25) is 10.0 Å². The van der Waals surface area contributed by atoms with Crippen molar-refractivity contribution in [1.29, 1.82) is 0 Å². The van der Waals surface area contributed by atoms with Crippen molar-refractivity contribution in [2.24, 2.45) is 0 Å². The summed E-state index contributed by atoms with van der Waals surface area (Å²) >= 11 is 12.3. The second-order valence-corrected chi connectivity index (χ2v) is 6.73. The minimum absolute atomic E-state index is 0.0316. The van der Waals surface area contributed by atoms with Gasteiger partial charge in [-0.1, -0.05) is 29.3 Å². The number of hydrogen-bond acceptors (Lipinski definition) is 6. The molecule has 0 bridgehead atoms. The third-order valence-electron chi connectivity index (χ3n) is 3.89. The third kappa shape index (κ3) is 5.22. The zero-order valence-corrected chi connectivity index (χ0v) is 16.4. The molecule has 0 saturated carbocycles. The van der Waals surface area contributed by atoms with E-state index in [-0.39, 0.29) is 35.3 Å². The lowest BCUT2D eigenvalue weighted by Crippen LogP contribution is -2.28. The Morgan fingerprint density at radius 1 is 1.17 bits per heavy atom. The smallest absolute Gasteiger partial charge is 0.345 e. The Hall–Kier alpha value is -3.16. The van der Waals surface area contributed by atoms with Crippen LogP contribution in [-0.4, -0.2) is 29.9 Å². The van der Waals surface area contributed by atoms with Gasteiger partial charge in [-0.05, 0) is 41.3 Å². The van der Waals surface area contributed by atoms with Gasteiger partial charge >= 0.3 is 12.4 Å². The Kier molecular flexibility index (Phi) is 6.64. The van der Waals surface area contributed by atoms with Crippen molar-refractivity contribution in [2.75, 3.05) is 6.61 Å². The first-order valence-corrected chi connectivity index (χ1v) is 9.09. The molecule has 0 aliphatic heterocycles. The van der Waals surface area contributed by atoms with Crippen LogP contribution in [0.25, 0.3) is 10.8 Å². The number of esters is 1. The molecule has 0 spiro atoms. The van der Waals surface area contributed by atoms with Crippen molar-refractivity contribution < 1.29 is 23.9 Å². The lowest BCUT2D eigenvalue weighted by Gasteiger charge is -2.13. The summed E-state index contributed by atoms with van der Waals surface area (Å²) in [4.78, 5) is 38.5. The van der Waals surface area contributed by atoms with Crippen molar-refractivity contribution in [1.82, 2.24) is 10.3 Å². The average Bonchev–Trinajstić information content (AvgIpc) is 2.70. The van der Waals surface area contributed by atoms with Crippen molar-refractivity contribution in [3.63, 3.8) is 0 Å². The first-order chi connectivity index (χ1) is 14.0. The standard InChI is InChI=1S/C20H14Cl2N2O5/c21-15-5-13-4-14(20(27)29-11-25)6-17(19(13)16(22)7-15)28-10-18(26)24-9-12-2-1-3-23-8-12/h1-8,11H,9-10H2,(H,24,26). The molecule has 1 N–H and O–H groups in total. The van der Waals surface area contributed by atoms with E-state index in [2.05, 4.69) is 15.0 Å². The molecule has 2 aromatic carbocycles. The van der Waals surface area contributed by atoms with E-state index in [0.29, 0.717) is 22.3 Å². The van der Waals surface area contributed by atoms with E-state index in [1.54, 1.807) is 24.5 Å². The molecule has 7 nitrogen and oxygen atoms in total. The maximum Gasteiger partial charge on any atom is 0.345 e. The third-order valence-corrected chi connectivity index (χ3v) is 4.41. The number of ether oxygens (including phenoxy) is 2. The van der Waals surface area contributed by atoms with E-state index in [0.717, 1.165) is 5.56 Å². The molecule has 1 heterocycles. The molecule has 0 atom stereocenters. The molecule has 148 valence electrons. The summed E-state index contributed by atoms with van der Waals surface area (Å²) in [5.41, 5.74) is 0.885. The number of carbonyl (C=O) groups excluding carboxylic acids is 3. The number of rotatable bonds is 7. The van der Waals surface area contributed by atoms with Gasteiger partial charge < -0.3 is 14.8 Å². The number of nitrogens with zero attached hydrogens (tertiary/aromatic N) is 1. The van der Waals surface area contributed by atoms with E-state index < -0.39 is 5.97 Å². The van der Waals surface area contributed by atoms with E-state index in [1.165, 1.54) is 18.2 Å². The number of nitrogens with one attached hydrogen (secondary N) is 1. The van der Waals surface area contributed by atoms with Crippen molar-refractivity contribution in [2.45, 2.75) is 6.54 Å². The Bertz CT molecular complexity index is 1070. The van der Waals surface area contributed by atoms with E-state index >= 15 is 0 Å². The molecular weight excluding hydrogens is 419 g/mol. The summed E-state index contributed by atoms with van der Waals surface area (Å²) in [6.45, 7) is 0.00321. The second kappa shape index (κ2) is 9.36. The normalized spacial score (nSPS) is 10.4. The van der Waals surface area contributed by atoms with Gasteiger partial charge in [0.2, 0.25) is 0 Å². The molecular formula is C20H14Cl2N2O5. The Morgan fingerprint density at radius 2 is 2.00 bits per heavy atom. The molecule has 0 aliphatic carbocycles. The second-order valence-electron chi connectivity index (χ2n) is 5.89. The monoisotopic (exact) mass is 432 g/mol. The zero-order valence-electron chi connectivity index (χ0n) is 14.9. The average molecular weight is 433 g/mol. The molecule has 0 radical (unpaired) electrons. The highest BCUT2D eigenvalue weighted by molar-refractivity contribution is 6.39. The summed E-state index contributed by atoms with van der Waals surface area (Å²) < 4.78 is 9.99. The molecule has 1 aromatic heterocycles. The highest BCUT2D eigenvalue weighted by Crippen LogP contribution is 2.36. The SMILES string of the molecule is O=COC(=O)c1cc(OCC(=O)NCc2cccnc2)c2c(Cl)cc(Cl)cc2c1. The summed E-state index contributed by atoms with van der Waals surface area (Å²) in [6, 6.07) is 9.51. The number of pyridine rings is 1. The van der Waals surface area contributed by atoms with Gasteiger partial charge in [-0.2, -0.15) is 0 Å². The lowest BCUT2D eigenvalue weighted by molar-refractivity contribution is -0.124. The number of hydrogen-bond donors (Lipinski definition) is 1. The Balaban J connectivity index is 1.82. The molecule has 29 heavy (non-hydrogen) atoms. The predicted octanol–water partition coefficient (Wildman–Crippen LogP) is 3.55. The van der Waals surface area contributed by atoms with Crippen LogP contribution in [-0.2, 0) is 20.9 Å². The van der Waals surface area contributed by atoms with Gasteiger partial charge in [-0.3, -0.25) is 14.6 Å². The van der Waals surface area contributed by atoms with E-state index in [4.69, 9.17) is 27.9 Å². The van der Waals surface area contributed by atoms with E-state index in [1.807, 2.05) is 6.07 Å². The highest BCUT2D eigenvalue weighted by atomic mass is 35.5. The molecule has 0 saturated heterocycles. The maximum absolute atomic E-state index is 12.1. The van der Waals surface area contributed by atoms with Gasteiger partial charge in [0.1, 0.15) is 5.75 Å². The lowest BCUT2D eigenvalue weighted by atomic mass is 10.1.